The third kappa shape index (κ3) is 4.25. The minimum absolute atomic E-state index is 0.0417. The van der Waals surface area contributed by atoms with Crippen LogP contribution in [0, 0.1) is 11.8 Å². The van der Waals surface area contributed by atoms with Crippen LogP contribution < -0.4 is 10.3 Å². The van der Waals surface area contributed by atoms with Gasteiger partial charge in [0.2, 0.25) is 5.91 Å². The van der Waals surface area contributed by atoms with Crippen molar-refractivity contribution in [2.24, 2.45) is 11.8 Å². The second-order valence-corrected chi connectivity index (χ2v) is 8.09. The zero-order valence-corrected chi connectivity index (χ0v) is 16.1. The van der Waals surface area contributed by atoms with Crippen molar-refractivity contribution in [2.45, 2.75) is 37.9 Å². The Balaban J connectivity index is 1.33. The molecule has 1 aliphatic heterocycles. The minimum atomic E-state index is -0.565. The highest BCUT2D eigenvalue weighted by Crippen LogP contribution is 2.38. The first-order valence-corrected chi connectivity index (χ1v) is 9.91. The van der Waals surface area contributed by atoms with Crippen LogP contribution >= 0.6 is 11.6 Å². The molecule has 0 bridgehead atoms. The Morgan fingerprint density at radius 3 is 2.79 bits per heavy atom. The van der Waals surface area contributed by atoms with Gasteiger partial charge < -0.3 is 19.3 Å². The van der Waals surface area contributed by atoms with Gasteiger partial charge in [0, 0.05) is 37.0 Å². The summed E-state index contributed by atoms with van der Waals surface area (Å²) < 4.78 is 11.0. The van der Waals surface area contributed by atoms with Gasteiger partial charge >= 0.3 is 0 Å². The van der Waals surface area contributed by atoms with Crippen LogP contribution in [0.25, 0.3) is 0 Å². The zero-order valence-electron chi connectivity index (χ0n) is 15.3. The summed E-state index contributed by atoms with van der Waals surface area (Å²) in [6.07, 6.45) is 1.15. The number of carbonyl (C=O) groups excluding carboxylic acids is 1. The molecule has 2 aliphatic rings. The number of hydrogen-bond acceptors (Lipinski definition) is 5. The number of halogens is 1. The van der Waals surface area contributed by atoms with Gasteiger partial charge in [-0.15, -0.1) is 0 Å². The molecule has 2 N–H and O–H groups in total. The molecule has 0 spiro atoms. The summed E-state index contributed by atoms with van der Waals surface area (Å²) in [5, 5.41) is 13.3. The molecular weight excluding hydrogens is 384 g/mol. The lowest BCUT2D eigenvalue weighted by Crippen LogP contribution is -2.42. The van der Waals surface area contributed by atoms with Crippen LogP contribution in [0.1, 0.15) is 25.0 Å². The SMILES string of the molecule is O=C(CCc1cc(=O)[nH]o1)N1C[C@H]2C[C@@H](Oc3cccc(Cl)c3)[C@H](O)C[C@H]2C1. The number of aliphatic hydroxyl groups excluding tert-OH is 1. The molecule has 28 heavy (non-hydrogen) atoms. The number of aromatic amines is 1. The first-order valence-electron chi connectivity index (χ1n) is 9.53. The average molecular weight is 407 g/mol. The fraction of sp³-hybridized carbons (Fsp3) is 0.500. The topological polar surface area (TPSA) is 95.8 Å². The summed E-state index contributed by atoms with van der Waals surface area (Å²) in [5.74, 6) is 1.76. The Hall–Kier alpha value is -2.25. The molecule has 2 fully saturated rings. The Bertz CT molecular complexity index is 894. The van der Waals surface area contributed by atoms with Crippen LogP contribution in [0.3, 0.4) is 0 Å². The first kappa shape index (κ1) is 19.1. The van der Waals surface area contributed by atoms with E-state index < -0.39 is 6.10 Å². The first-order chi connectivity index (χ1) is 13.5. The number of hydrogen-bond donors (Lipinski definition) is 2. The molecule has 0 unspecified atom stereocenters. The van der Waals surface area contributed by atoms with Crippen molar-refractivity contribution in [2.75, 3.05) is 13.1 Å². The van der Waals surface area contributed by atoms with Crippen LogP contribution in [0.15, 0.2) is 39.6 Å². The summed E-state index contributed by atoms with van der Waals surface area (Å²) in [5.41, 5.74) is -0.297. The fourth-order valence-electron chi connectivity index (χ4n) is 4.27. The number of aliphatic hydroxyl groups is 1. The van der Waals surface area contributed by atoms with E-state index in [4.69, 9.17) is 20.9 Å². The smallest absolute Gasteiger partial charge is 0.280 e. The number of nitrogens with one attached hydrogen (secondary N) is 1. The second kappa shape index (κ2) is 8.01. The van der Waals surface area contributed by atoms with Gasteiger partial charge in [0.05, 0.1) is 6.10 Å². The number of benzene rings is 1. The van der Waals surface area contributed by atoms with Crippen molar-refractivity contribution in [1.82, 2.24) is 10.1 Å². The molecule has 1 amide bonds. The van der Waals surface area contributed by atoms with E-state index in [1.807, 2.05) is 17.0 Å². The maximum Gasteiger partial charge on any atom is 0.280 e. The number of nitrogens with zero attached hydrogens (tertiary/aromatic N) is 1. The molecule has 2 aromatic rings. The van der Waals surface area contributed by atoms with E-state index in [9.17, 15) is 14.7 Å². The lowest BCUT2D eigenvalue weighted by molar-refractivity contribution is -0.130. The van der Waals surface area contributed by atoms with Gasteiger partial charge in [-0.3, -0.25) is 9.59 Å². The van der Waals surface area contributed by atoms with Crippen LogP contribution in [-0.2, 0) is 11.2 Å². The summed E-state index contributed by atoms with van der Waals surface area (Å²) in [7, 11) is 0. The number of aromatic nitrogens is 1. The van der Waals surface area contributed by atoms with E-state index in [0.717, 1.165) is 0 Å². The number of fused-ring (bicyclic) bond motifs is 1. The van der Waals surface area contributed by atoms with Crippen LogP contribution in [0.2, 0.25) is 5.02 Å². The van der Waals surface area contributed by atoms with Crippen LogP contribution in [0.5, 0.6) is 5.75 Å². The summed E-state index contributed by atoms with van der Waals surface area (Å²) in [6, 6.07) is 8.53. The molecule has 1 aliphatic carbocycles. The van der Waals surface area contributed by atoms with Gasteiger partial charge in [0.25, 0.3) is 5.56 Å². The van der Waals surface area contributed by atoms with Gasteiger partial charge in [-0.25, -0.2) is 0 Å². The van der Waals surface area contributed by atoms with Gasteiger partial charge in [0.1, 0.15) is 17.6 Å². The molecule has 2 heterocycles. The van der Waals surface area contributed by atoms with Gasteiger partial charge in [-0.05, 0) is 42.9 Å². The summed E-state index contributed by atoms with van der Waals surface area (Å²) in [4.78, 5) is 25.5. The quantitative estimate of drug-likeness (QED) is 0.793. The van der Waals surface area contributed by atoms with E-state index in [1.54, 1.807) is 12.1 Å². The normalized spacial score (nSPS) is 26.9. The predicted molar refractivity (Wildman–Crippen MR) is 102 cm³/mol. The lowest BCUT2D eigenvalue weighted by Gasteiger charge is -2.35. The largest absolute Gasteiger partial charge is 0.488 e. The Morgan fingerprint density at radius 2 is 2.07 bits per heavy atom. The molecule has 4 atom stereocenters. The van der Waals surface area contributed by atoms with Crippen molar-refractivity contribution in [3.05, 3.63) is 51.5 Å². The Labute approximate surface area is 167 Å². The van der Waals surface area contributed by atoms with Gasteiger partial charge in [-0.1, -0.05) is 17.7 Å². The highest BCUT2D eigenvalue weighted by Gasteiger charge is 2.43. The maximum atomic E-state index is 12.5. The zero-order chi connectivity index (χ0) is 19.7. The molecule has 7 nitrogen and oxygen atoms in total. The highest BCUT2D eigenvalue weighted by atomic mass is 35.5. The third-order valence-corrected chi connectivity index (χ3v) is 5.92. The molecule has 1 saturated carbocycles. The number of likely N-dealkylation sites (tertiary alicyclic amines) is 1. The molecule has 1 aromatic carbocycles. The Morgan fingerprint density at radius 1 is 1.29 bits per heavy atom. The second-order valence-electron chi connectivity index (χ2n) is 7.65. The molecule has 150 valence electrons. The Kier molecular flexibility index (Phi) is 5.46. The van der Waals surface area contributed by atoms with E-state index in [-0.39, 0.29) is 23.5 Å². The number of rotatable bonds is 5. The molecule has 0 radical (unpaired) electrons. The molecule has 8 heteroatoms. The average Bonchev–Trinajstić information content (AvgIpc) is 3.26. The van der Waals surface area contributed by atoms with Gasteiger partial charge in [0.15, 0.2) is 0 Å². The van der Waals surface area contributed by atoms with E-state index in [0.29, 0.717) is 61.2 Å². The van der Waals surface area contributed by atoms with E-state index in [1.165, 1.54) is 6.07 Å². The highest BCUT2D eigenvalue weighted by molar-refractivity contribution is 6.30. The van der Waals surface area contributed by atoms with Crippen molar-refractivity contribution >= 4 is 17.5 Å². The lowest BCUT2D eigenvalue weighted by atomic mass is 9.78. The van der Waals surface area contributed by atoms with E-state index in [2.05, 4.69) is 5.16 Å². The molecule has 1 aromatic heterocycles. The minimum Gasteiger partial charge on any atom is -0.488 e. The van der Waals surface area contributed by atoms with Crippen LogP contribution in [0.4, 0.5) is 0 Å². The summed E-state index contributed by atoms with van der Waals surface area (Å²) >= 11 is 6.00. The van der Waals surface area contributed by atoms with E-state index >= 15 is 0 Å². The number of carbonyl (C=O) groups is 1. The number of H-pyrrole nitrogens is 1. The number of aryl methyl sites for hydroxylation is 1. The van der Waals surface area contributed by atoms with Crippen molar-refractivity contribution in [3.8, 4) is 5.75 Å². The predicted octanol–water partition coefficient (Wildman–Crippen LogP) is 2.23. The van der Waals surface area contributed by atoms with Gasteiger partial charge in [-0.2, -0.15) is 5.16 Å². The van der Waals surface area contributed by atoms with Crippen molar-refractivity contribution < 1.29 is 19.2 Å². The fourth-order valence-corrected chi connectivity index (χ4v) is 4.45. The van der Waals surface area contributed by atoms with Crippen molar-refractivity contribution in [1.29, 1.82) is 0 Å². The molecule has 4 rings (SSSR count). The molecular formula is C20H23ClN2O5. The monoisotopic (exact) mass is 406 g/mol. The maximum absolute atomic E-state index is 12.5. The summed E-state index contributed by atoms with van der Waals surface area (Å²) in [6.45, 7) is 1.32. The number of amides is 1. The third-order valence-electron chi connectivity index (χ3n) is 5.68. The van der Waals surface area contributed by atoms with Crippen molar-refractivity contribution in [3.63, 3.8) is 0 Å². The van der Waals surface area contributed by atoms with Crippen LogP contribution in [-0.4, -0.2) is 46.4 Å². The standard InChI is InChI=1S/C20H23ClN2O5/c21-14-2-1-3-15(8-14)27-18-7-13-11-23(10-12(13)6-17(18)24)20(26)5-4-16-9-19(25)22-28-16/h1-3,8-9,12-13,17-18,24H,4-7,10-11H2,(H,22,25)/t12-,13+,17+,18+/m0/s1. The number of ether oxygens (including phenoxy) is 1. The molecule has 1 saturated heterocycles.